The van der Waals surface area contributed by atoms with Crippen LogP contribution in [0.25, 0.3) is 0 Å². The van der Waals surface area contributed by atoms with Crippen LogP contribution >= 0.6 is 11.6 Å². The van der Waals surface area contributed by atoms with Gasteiger partial charge >= 0.3 is 0 Å². The molecular weight excluding hydrogens is 179 g/mol. The van der Waals surface area contributed by atoms with Crippen molar-refractivity contribution in [1.29, 1.82) is 0 Å². The van der Waals surface area contributed by atoms with Gasteiger partial charge in [-0.1, -0.05) is 11.6 Å². The van der Waals surface area contributed by atoms with Crippen LogP contribution in [0.1, 0.15) is 13.8 Å². The molecule has 0 unspecified atom stereocenters. The van der Waals surface area contributed by atoms with E-state index in [1.165, 1.54) is 12.1 Å². The highest BCUT2D eigenvalue weighted by atomic mass is 35.5. The van der Waals surface area contributed by atoms with Gasteiger partial charge in [0.25, 0.3) is 0 Å². The quantitative estimate of drug-likeness (QED) is 0.692. The fourth-order valence-corrected chi connectivity index (χ4v) is 0.906. The average molecular weight is 188 g/mol. The van der Waals surface area contributed by atoms with E-state index in [0.29, 0.717) is 0 Å². The molecule has 0 N–H and O–H groups in total. The lowest BCUT2D eigenvalue weighted by molar-refractivity contribution is 0.230. The van der Waals surface area contributed by atoms with Crippen molar-refractivity contribution in [3.8, 4) is 5.75 Å². The van der Waals surface area contributed by atoms with E-state index < -0.39 is 5.82 Å². The standard InChI is InChI=1S/C9H9ClFO/c1-6(2)12-8-5-3-4-7(10)9(8)11/h3-4,6H,1-2H3. The Hall–Kier alpha value is -0.760. The summed E-state index contributed by atoms with van der Waals surface area (Å²) in [6.07, 6.45) is -0.0748. The van der Waals surface area contributed by atoms with Crippen LogP contribution in [0.4, 0.5) is 4.39 Å². The first-order valence-corrected chi connectivity index (χ1v) is 4.01. The summed E-state index contributed by atoms with van der Waals surface area (Å²) < 4.78 is 18.2. The smallest absolute Gasteiger partial charge is 0.184 e. The van der Waals surface area contributed by atoms with E-state index in [2.05, 4.69) is 6.07 Å². The summed E-state index contributed by atoms with van der Waals surface area (Å²) in [5, 5.41) is 0.0596. The molecule has 12 heavy (non-hydrogen) atoms. The molecule has 0 atom stereocenters. The van der Waals surface area contributed by atoms with Crippen molar-refractivity contribution in [2.24, 2.45) is 0 Å². The van der Waals surface area contributed by atoms with Crippen LogP contribution < -0.4 is 4.74 Å². The summed E-state index contributed by atoms with van der Waals surface area (Å²) in [5.41, 5.74) is 0. The molecule has 1 rings (SSSR count). The Balaban J connectivity index is 2.92. The molecule has 0 saturated heterocycles. The van der Waals surface area contributed by atoms with Crippen LogP contribution in [0.3, 0.4) is 0 Å². The molecule has 0 aliphatic heterocycles. The van der Waals surface area contributed by atoms with Gasteiger partial charge in [0.2, 0.25) is 0 Å². The topological polar surface area (TPSA) is 9.23 Å². The van der Waals surface area contributed by atoms with Gasteiger partial charge in [-0.15, -0.1) is 0 Å². The zero-order valence-corrected chi connectivity index (χ0v) is 7.65. The molecule has 0 saturated carbocycles. The Labute approximate surface area is 76.1 Å². The summed E-state index contributed by atoms with van der Waals surface area (Å²) >= 11 is 5.52. The van der Waals surface area contributed by atoms with Gasteiger partial charge in [0.05, 0.1) is 11.1 Å². The number of halogens is 2. The van der Waals surface area contributed by atoms with Crippen molar-refractivity contribution in [3.05, 3.63) is 29.0 Å². The zero-order chi connectivity index (χ0) is 9.14. The molecule has 0 aromatic heterocycles. The minimum atomic E-state index is -0.548. The minimum Gasteiger partial charge on any atom is -0.487 e. The second-order valence-corrected chi connectivity index (χ2v) is 3.04. The molecule has 0 fully saturated rings. The van der Waals surface area contributed by atoms with Crippen LogP contribution in [-0.4, -0.2) is 6.10 Å². The summed E-state index contributed by atoms with van der Waals surface area (Å²) in [7, 11) is 0. The van der Waals surface area contributed by atoms with Gasteiger partial charge in [-0.05, 0) is 26.0 Å². The molecule has 3 heteroatoms. The highest BCUT2D eigenvalue weighted by molar-refractivity contribution is 6.30. The third-order valence-corrected chi connectivity index (χ3v) is 1.50. The normalized spacial score (nSPS) is 10.4. The number of rotatable bonds is 2. The second-order valence-electron chi connectivity index (χ2n) is 2.64. The van der Waals surface area contributed by atoms with E-state index in [-0.39, 0.29) is 16.9 Å². The van der Waals surface area contributed by atoms with E-state index in [4.69, 9.17) is 16.3 Å². The maximum Gasteiger partial charge on any atom is 0.184 e. The van der Waals surface area contributed by atoms with E-state index in [1.54, 1.807) is 0 Å². The minimum absolute atomic E-state index is 0.0596. The maximum absolute atomic E-state index is 13.1. The van der Waals surface area contributed by atoms with Crippen LogP contribution in [-0.2, 0) is 0 Å². The maximum atomic E-state index is 13.1. The Morgan fingerprint density at radius 2 is 2.25 bits per heavy atom. The Morgan fingerprint density at radius 1 is 1.58 bits per heavy atom. The number of hydrogen-bond donors (Lipinski definition) is 0. The van der Waals surface area contributed by atoms with Crippen LogP contribution in [0.15, 0.2) is 12.1 Å². The molecule has 0 aliphatic rings. The highest BCUT2D eigenvalue weighted by Crippen LogP contribution is 2.24. The Bertz CT molecular complexity index is 273. The molecule has 1 aromatic rings. The molecule has 1 radical (unpaired) electrons. The van der Waals surface area contributed by atoms with Crippen molar-refractivity contribution in [3.63, 3.8) is 0 Å². The first-order chi connectivity index (χ1) is 5.61. The first-order valence-electron chi connectivity index (χ1n) is 3.63. The summed E-state index contributed by atoms with van der Waals surface area (Å²) in [6, 6.07) is 5.59. The van der Waals surface area contributed by atoms with Crippen molar-refractivity contribution in [2.45, 2.75) is 20.0 Å². The third kappa shape index (κ3) is 2.11. The second kappa shape index (κ2) is 3.76. The van der Waals surface area contributed by atoms with Crippen LogP contribution in [0.5, 0.6) is 5.75 Å². The first kappa shape index (κ1) is 9.33. The van der Waals surface area contributed by atoms with Crippen LogP contribution in [0.2, 0.25) is 5.02 Å². The van der Waals surface area contributed by atoms with E-state index >= 15 is 0 Å². The SMILES string of the molecule is CC(C)Oc1[c]ccc(Cl)c1F. The monoisotopic (exact) mass is 187 g/mol. The number of hydrogen-bond acceptors (Lipinski definition) is 1. The van der Waals surface area contributed by atoms with Crippen molar-refractivity contribution in [1.82, 2.24) is 0 Å². The highest BCUT2D eigenvalue weighted by Gasteiger charge is 2.08. The van der Waals surface area contributed by atoms with E-state index in [0.717, 1.165) is 0 Å². The molecule has 1 nitrogen and oxygen atoms in total. The Morgan fingerprint density at radius 3 is 2.83 bits per heavy atom. The zero-order valence-electron chi connectivity index (χ0n) is 6.90. The van der Waals surface area contributed by atoms with E-state index in [1.807, 2.05) is 13.8 Å². The van der Waals surface area contributed by atoms with Gasteiger partial charge in [-0.2, -0.15) is 0 Å². The molecule has 0 spiro atoms. The fourth-order valence-electron chi connectivity index (χ4n) is 0.757. The lowest BCUT2D eigenvalue weighted by atomic mass is 10.3. The molecular formula is C9H9ClFO. The third-order valence-electron chi connectivity index (χ3n) is 1.21. The summed E-state index contributed by atoms with van der Waals surface area (Å²) in [4.78, 5) is 0. The van der Waals surface area contributed by atoms with Gasteiger partial charge in [0.15, 0.2) is 11.6 Å². The molecule has 0 aliphatic carbocycles. The van der Waals surface area contributed by atoms with Gasteiger partial charge in [0, 0.05) is 6.07 Å². The molecule has 0 amide bonds. The number of benzene rings is 1. The van der Waals surface area contributed by atoms with Crippen molar-refractivity contribution in [2.75, 3.05) is 0 Å². The molecule has 0 heterocycles. The van der Waals surface area contributed by atoms with Crippen molar-refractivity contribution >= 4 is 11.6 Å². The average Bonchev–Trinajstić information content (AvgIpc) is 1.98. The fraction of sp³-hybridized carbons (Fsp3) is 0.333. The van der Waals surface area contributed by atoms with Crippen LogP contribution in [0, 0.1) is 11.9 Å². The lowest BCUT2D eigenvalue weighted by Gasteiger charge is -2.09. The van der Waals surface area contributed by atoms with Gasteiger partial charge < -0.3 is 4.74 Å². The summed E-state index contributed by atoms with van der Waals surface area (Å²) in [6.45, 7) is 3.63. The Kier molecular flexibility index (Phi) is 2.93. The number of ether oxygens (including phenoxy) is 1. The van der Waals surface area contributed by atoms with E-state index in [9.17, 15) is 4.39 Å². The van der Waals surface area contributed by atoms with Gasteiger partial charge in [-0.3, -0.25) is 0 Å². The van der Waals surface area contributed by atoms with Gasteiger partial charge in [-0.25, -0.2) is 4.39 Å². The van der Waals surface area contributed by atoms with Gasteiger partial charge in [0.1, 0.15) is 0 Å². The predicted octanol–water partition coefficient (Wildman–Crippen LogP) is 3.07. The molecule has 65 valence electrons. The molecule has 0 bridgehead atoms. The largest absolute Gasteiger partial charge is 0.487 e. The molecule has 1 aromatic carbocycles. The predicted molar refractivity (Wildman–Crippen MR) is 46.0 cm³/mol. The van der Waals surface area contributed by atoms with Crippen molar-refractivity contribution < 1.29 is 9.13 Å². The summed E-state index contributed by atoms with van der Waals surface area (Å²) in [5.74, 6) is -0.467. The lowest BCUT2D eigenvalue weighted by Crippen LogP contribution is -2.07.